The van der Waals surface area contributed by atoms with Crippen LogP contribution in [0, 0.1) is 6.92 Å². The quantitative estimate of drug-likeness (QED) is 0.506. The third-order valence-electron chi connectivity index (χ3n) is 5.47. The fourth-order valence-electron chi connectivity index (χ4n) is 4.22. The molecule has 0 saturated heterocycles. The van der Waals surface area contributed by atoms with E-state index in [2.05, 4.69) is 55.5 Å². The van der Waals surface area contributed by atoms with Gasteiger partial charge in [-0.2, -0.15) is 0 Å². The molecule has 1 nitrogen and oxygen atoms in total. The van der Waals surface area contributed by atoms with Gasteiger partial charge in [-0.3, -0.25) is 0 Å². The fourth-order valence-corrected chi connectivity index (χ4v) is 4.22. The van der Waals surface area contributed by atoms with Crippen molar-refractivity contribution in [1.82, 2.24) is 0 Å². The Morgan fingerprint density at radius 2 is 1.13 bits per heavy atom. The van der Waals surface area contributed by atoms with Gasteiger partial charge >= 0.3 is 11.5 Å². The average molecular weight is 299 g/mol. The molecule has 0 fully saturated rings. The second kappa shape index (κ2) is 4.79. The molecule has 2 aliphatic rings. The third-order valence-corrected chi connectivity index (χ3v) is 5.47. The van der Waals surface area contributed by atoms with Crippen LogP contribution in [0.15, 0.2) is 52.9 Å². The smallest absolute Gasteiger partial charge is 0.206 e. The van der Waals surface area contributed by atoms with E-state index in [0.29, 0.717) is 0 Å². The molecule has 2 aromatic carbocycles. The Labute approximate surface area is 136 Å². The van der Waals surface area contributed by atoms with Gasteiger partial charge in [0.25, 0.3) is 0 Å². The maximum Gasteiger partial charge on any atom is 0.364 e. The average Bonchev–Trinajstić information content (AvgIpc) is 2.61. The highest BCUT2D eigenvalue weighted by atomic mass is 16.3. The Hall–Kier alpha value is -2.41. The van der Waals surface area contributed by atoms with E-state index in [9.17, 15) is 0 Å². The molecule has 1 aromatic heterocycles. The Morgan fingerprint density at radius 3 is 1.65 bits per heavy atom. The lowest BCUT2D eigenvalue weighted by atomic mass is 9.82. The third kappa shape index (κ3) is 1.83. The second-order valence-corrected chi connectivity index (χ2v) is 6.66. The Morgan fingerprint density at radius 1 is 0.652 bits per heavy atom. The van der Waals surface area contributed by atoms with E-state index in [1.54, 1.807) is 0 Å². The molecular weight excluding hydrogens is 280 g/mol. The first-order valence-corrected chi connectivity index (χ1v) is 8.48. The topological polar surface area (TPSA) is 11.3 Å². The second-order valence-electron chi connectivity index (χ2n) is 6.66. The van der Waals surface area contributed by atoms with Gasteiger partial charge in [0.15, 0.2) is 0 Å². The summed E-state index contributed by atoms with van der Waals surface area (Å²) in [5.41, 5.74) is 9.67. The first-order chi connectivity index (χ1) is 11.3. The maximum absolute atomic E-state index is 6.56. The van der Waals surface area contributed by atoms with Gasteiger partial charge in [0.2, 0.25) is 0 Å². The van der Waals surface area contributed by atoms with Crippen LogP contribution in [0.25, 0.3) is 22.6 Å². The first kappa shape index (κ1) is 13.1. The van der Waals surface area contributed by atoms with Gasteiger partial charge in [-0.15, -0.1) is 0 Å². The first-order valence-electron chi connectivity index (χ1n) is 8.48. The lowest BCUT2D eigenvalue weighted by Gasteiger charge is -2.20. The normalized spacial score (nSPS) is 14.5. The molecule has 0 unspecified atom stereocenters. The van der Waals surface area contributed by atoms with E-state index in [-0.39, 0.29) is 0 Å². The summed E-state index contributed by atoms with van der Waals surface area (Å²) in [5.74, 6) is 2.19. The molecule has 23 heavy (non-hydrogen) atoms. The standard InChI is InChI=1S/C22H19O/c1-14-17-12-10-15-6-2-4-8-19(15)21(17)23-22-18(14)13-11-16-7-3-5-9-20(16)22/h2-9H,10-13H2,1H3/q+1. The van der Waals surface area contributed by atoms with Gasteiger partial charge in [-0.05, 0) is 61.4 Å². The van der Waals surface area contributed by atoms with E-state index < -0.39 is 0 Å². The van der Waals surface area contributed by atoms with E-state index in [1.807, 2.05) is 0 Å². The number of aryl methyl sites for hydroxylation is 2. The minimum Gasteiger partial charge on any atom is -0.206 e. The van der Waals surface area contributed by atoms with Crippen LogP contribution in [-0.2, 0) is 25.7 Å². The van der Waals surface area contributed by atoms with Crippen molar-refractivity contribution in [3.05, 3.63) is 76.3 Å². The zero-order chi connectivity index (χ0) is 15.4. The van der Waals surface area contributed by atoms with E-state index in [0.717, 1.165) is 37.2 Å². The number of fused-ring (bicyclic) bond motifs is 6. The molecule has 0 saturated carbocycles. The van der Waals surface area contributed by atoms with Gasteiger partial charge in [-0.1, -0.05) is 36.4 Å². The predicted octanol–water partition coefficient (Wildman–Crippen LogP) is 5.40. The molecule has 3 aromatic rings. The SMILES string of the molecule is Cc1c2c([o+]c3c1CCc1ccccc1-3)-c1ccccc1CC2. The number of hydrogen-bond donors (Lipinski definition) is 0. The molecule has 1 heteroatoms. The fraction of sp³-hybridized carbons (Fsp3) is 0.227. The molecule has 0 spiro atoms. The van der Waals surface area contributed by atoms with Crippen LogP contribution in [0.5, 0.6) is 0 Å². The molecule has 112 valence electrons. The van der Waals surface area contributed by atoms with Crippen LogP contribution in [0.4, 0.5) is 0 Å². The molecule has 0 bridgehead atoms. The predicted molar refractivity (Wildman–Crippen MR) is 93.5 cm³/mol. The highest BCUT2D eigenvalue weighted by molar-refractivity contribution is 5.76. The molecule has 5 rings (SSSR count). The lowest BCUT2D eigenvalue weighted by molar-refractivity contribution is 0.552. The van der Waals surface area contributed by atoms with Gasteiger partial charge in [0.1, 0.15) is 0 Å². The number of hydrogen-bond acceptors (Lipinski definition) is 0. The molecule has 0 amide bonds. The molecular formula is C22H19O+. The van der Waals surface area contributed by atoms with Gasteiger partial charge in [0, 0.05) is 0 Å². The summed E-state index contributed by atoms with van der Waals surface area (Å²) in [6.07, 6.45) is 4.43. The monoisotopic (exact) mass is 299 g/mol. The van der Waals surface area contributed by atoms with Crippen LogP contribution in [0.1, 0.15) is 27.8 Å². The summed E-state index contributed by atoms with van der Waals surface area (Å²) < 4.78 is 6.56. The summed E-state index contributed by atoms with van der Waals surface area (Å²) in [7, 11) is 0. The van der Waals surface area contributed by atoms with Gasteiger partial charge in [0.05, 0.1) is 22.3 Å². The van der Waals surface area contributed by atoms with Crippen molar-refractivity contribution in [2.24, 2.45) is 0 Å². The molecule has 0 aliphatic heterocycles. The Kier molecular flexibility index (Phi) is 2.72. The van der Waals surface area contributed by atoms with Crippen molar-refractivity contribution in [2.75, 3.05) is 0 Å². The molecule has 1 heterocycles. The largest absolute Gasteiger partial charge is 0.364 e. The van der Waals surface area contributed by atoms with Crippen molar-refractivity contribution in [1.29, 1.82) is 0 Å². The molecule has 0 radical (unpaired) electrons. The van der Waals surface area contributed by atoms with E-state index >= 15 is 0 Å². The van der Waals surface area contributed by atoms with E-state index in [4.69, 9.17) is 4.42 Å². The number of benzene rings is 2. The van der Waals surface area contributed by atoms with Crippen molar-refractivity contribution in [3.8, 4) is 22.6 Å². The van der Waals surface area contributed by atoms with Gasteiger partial charge < -0.3 is 0 Å². The Balaban J connectivity index is 1.83. The molecule has 0 atom stereocenters. The van der Waals surface area contributed by atoms with Crippen molar-refractivity contribution in [3.63, 3.8) is 0 Å². The molecule has 2 aliphatic carbocycles. The van der Waals surface area contributed by atoms with Crippen LogP contribution < -0.4 is 0 Å². The van der Waals surface area contributed by atoms with Crippen LogP contribution >= 0.6 is 0 Å². The maximum atomic E-state index is 6.56. The van der Waals surface area contributed by atoms with Crippen LogP contribution in [0.2, 0.25) is 0 Å². The van der Waals surface area contributed by atoms with E-state index in [1.165, 1.54) is 38.9 Å². The zero-order valence-electron chi connectivity index (χ0n) is 13.4. The summed E-state index contributed by atoms with van der Waals surface area (Å²) in [5, 5.41) is 0. The van der Waals surface area contributed by atoms with Gasteiger partial charge in [-0.25, -0.2) is 4.42 Å². The summed E-state index contributed by atoms with van der Waals surface area (Å²) in [6, 6.07) is 17.4. The number of rotatable bonds is 0. The lowest BCUT2D eigenvalue weighted by Crippen LogP contribution is -2.12. The molecule has 0 N–H and O–H groups in total. The minimum absolute atomic E-state index is 1.09. The highest BCUT2D eigenvalue weighted by Gasteiger charge is 2.35. The zero-order valence-corrected chi connectivity index (χ0v) is 13.4. The van der Waals surface area contributed by atoms with Crippen LogP contribution in [0.3, 0.4) is 0 Å². The Bertz CT molecular complexity index is 863. The van der Waals surface area contributed by atoms with Crippen molar-refractivity contribution < 1.29 is 4.42 Å². The minimum atomic E-state index is 1.09. The van der Waals surface area contributed by atoms with Crippen molar-refractivity contribution >= 4 is 0 Å². The summed E-state index contributed by atoms with van der Waals surface area (Å²) in [4.78, 5) is 0. The highest BCUT2D eigenvalue weighted by Crippen LogP contribution is 2.43. The van der Waals surface area contributed by atoms with Crippen LogP contribution in [-0.4, -0.2) is 0 Å². The summed E-state index contributed by atoms with van der Waals surface area (Å²) >= 11 is 0. The summed E-state index contributed by atoms with van der Waals surface area (Å²) in [6.45, 7) is 2.29. The van der Waals surface area contributed by atoms with Crippen molar-refractivity contribution in [2.45, 2.75) is 32.6 Å².